The number of nitrogens with zero attached hydrogens (tertiary/aromatic N) is 1. The Bertz CT molecular complexity index is 390. The maximum atomic E-state index is 12.5. The molecule has 3 rings (SSSR count). The minimum Gasteiger partial charge on any atom is -0.376 e. The Balaban J connectivity index is 1.34. The molecule has 5 nitrogen and oxygen atoms in total. The second-order valence-electron chi connectivity index (χ2n) is 7.74. The molecule has 0 aromatic carbocycles. The molecule has 0 aromatic heterocycles. The highest BCUT2D eigenvalue weighted by Gasteiger charge is 2.27. The summed E-state index contributed by atoms with van der Waals surface area (Å²) in [6.45, 7) is 5.48. The fraction of sp³-hybridized carbons (Fsp3) is 0.947. The molecule has 3 fully saturated rings. The van der Waals surface area contributed by atoms with Gasteiger partial charge in [0.1, 0.15) is 0 Å². The van der Waals surface area contributed by atoms with Crippen molar-refractivity contribution in [1.29, 1.82) is 0 Å². The van der Waals surface area contributed by atoms with Crippen LogP contribution in [0.5, 0.6) is 0 Å². The molecule has 0 unspecified atom stereocenters. The van der Waals surface area contributed by atoms with E-state index in [-0.39, 0.29) is 12.1 Å². The first-order chi connectivity index (χ1) is 11.7. The van der Waals surface area contributed by atoms with Gasteiger partial charge in [-0.25, -0.2) is 4.79 Å². The summed E-state index contributed by atoms with van der Waals surface area (Å²) < 4.78 is 11.6. The van der Waals surface area contributed by atoms with E-state index >= 15 is 0 Å². The van der Waals surface area contributed by atoms with Crippen LogP contribution in [0.25, 0.3) is 0 Å². The fourth-order valence-electron chi connectivity index (χ4n) is 4.30. The number of hydrogen-bond acceptors (Lipinski definition) is 3. The molecule has 5 heteroatoms. The van der Waals surface area contributed by atoms with Gasteiger partial charge in [-0.2, -0.15) is 0 Å². The van der Waals surface area contributed by atoms with Crippen LogP contribution in [0.1, 0.15) is 64.7 Å². The van der Waals surface area contributed by atoms with E-state index in [1.54, 1.807) is 0 Å². The summed E-state index contributed by atoms with van der Waals surface area (Å²) in [5.41, 5.74) is 0. The number of nitrogens with one attached hydrogen (secondary N) is 1. The first-order valence-corrected chi connectivity index (χ1v) is 10.0. The minimum atomic E-state index is 0.134. The van der Waals surface area contributed by atoms with Crippen molar-refractivity contribution in [2.24, 2.45) is 5.92 Å². The zero-order valence-corrected chi connectivity index (χ0v) is 15.2. The average molecular weight is 338 g/mol. The lowest BCUT2D eigenvalue weighted by Gasteiger charge is -2.35. The van der Waals surface area contributed by atoms with Crippen molar-refractivity contribution in [1.82, 2.24) is 10.2 Å². The molecule has 0 spiro atoms. The van der Waals surface area contributed by atoms with Crippen LogP contribution in [0.15, 0.2) is 0 Å². The van der Waals surface area contributed by atoms with Gasteiger partial charge in [0, 0.05) is 25.7 Å². The van der Waals surface area contributed by atoms with Gasteiger partial charge in [-0.05, 0) is 44.4 Å². The molecular weight excluding hydrogens is 304 g/mol. The van der Waals surface area contributed by atoms with Gasteiger partial charge in [-0.1, -0.05) is 26.2 Å². The Labute approximate surface area is 146 Å². The monoisotopic (exact) mass is 338 g/mol. The molecular formula is C19H34N2O3. The molecule has 0 aromatic rings. The average Bonchev–Trinajstić information content (AvgIpc) is 3.14. The Hall–Kier alpha value is -0.810. The zero-order valence-electron chi connectivity index (χ0n) is 15.2. The fourth-order valence-corrected chi connectivity index (χ4v) is 4.30. The largest absolute Gasteiger partial charge is 0.376 e. The Morgan fingerprint density at radius 1 is 1.17 bits per heavy atom. The van der Waals surface area contributed by atoms with Crippen molar-refractivity contribution < 1.29 is 14.3 Å². The number of piperidine rings is 1. The molecule has 24 heavy (non-hydrogen) atoms. The standard InChI is InChI=1S/C19H34N2O3/c1-2-15-5-3-6-16(13-15)20-19(22)21-10-8-17(9-11-21)24-14-18-7-4-12-23-18/h15-18H,2-14H2,1H3,(H,20,22)/t15-,16+,18-/m1/s1. The van der Waals surface area contributed by atoms with Gasteiger partial charge in [0.15, 0.2) is 0 Å². The first kappa shape index (κ1) is 18.0. The van der Waals surface area contributed by atoms with Crippen molar-refractivity contribution in [2.45, 2.75) is 83.0 Å². The predicted octanol–water partition coefficient (Wildman–Crippen LogP) is 3.32. The number of carbonyl (C=O) groups is 1. The molecule has 0 bridgehead atoms. The summed E-state index contributed by atoms with van der Waals surface area (Å²) in [5.74, 6) is 0.793. The van der Waals surface area contributed by atoms with Crippen molar-refractivity contribution in [3.8, 4) is 0 Å². The maximum absolute atomic E-state index is 12.5. The highest BCUT2D eigenvalue weighted by atomic mass is 16.5. The number of rotatable bonds is 5. The number of carbonyl (C=O) groups excluding carboxylic acids is 1. The first-order valence-electron chi connectivity index (χ1n) is 10.0. The molecule has 1 N–H and O–H groups in total. The highest BCUT2D eigenvalue weighted by molar-refractivity contribution is 5.74. The quantitative estimate of drug-likeness (QED) is 0.836. The van der Waals surface area contributed by atoms with Crippen molar-refractivity contribution in [3.63, 3.8) is 0 Å². The van der Waals surface area contributed by atoms with Crippen LogP contribution in [-0.2, 0) is 9.47 Å². The third kappa shape index (κ3) is 5.09. The predicted molar refractivity (Wildman–Crippen MR) is 94.1 cm³/mol. The van der Waals surface area contributed by atoms with Gasteiger partial charge in [0.05, 0.1) is 18.8 Å². The lowest BCUT2D eigenvalue weighted by molar-refractivity contribution is -0.0382. The second-order valence-corrected chi connectivity index (χ2v) is 7.74. The second kappa shape index (κ2) is 9.04. The summed E-state index contributed by atoms with van der Waals surface area (Å²) in [6.07, 6.45) is 10.9. The smallest absolute Gasteiger partial charge is 0.317 e. The van der Waals surface area contributed by atoms with Gasteiger partial charge < -0.3 is 19.7 Å². The molecule has 1 saturated carbocycles. The number of ether oxygens (including phenoxy) is 2. The van der Waals surface area contributed by atoms with Gasteiger partial charge >= 0.3 is 6.03 Å². The Morgan fingerprint density at radius 3 is 2.71 bits per heavy atom. The minimum absolute atomic E-state index is 0.134. The molecule has 2 amide bonds. The van der Waals surface area contributed by atoms with Crippen molar-refractivity contribution in [3.05, 3.63) is 0 Å². The summed E-state index contributed by atoms with van der Waals surface area (Å²) in [7, 11) is 0. The maximum Gasteiger partial charge on any atom is 0.317 e. The molecule has 3 aliphatic rings. The summed E-state index contributed by atoms with van der Waals surface area (Å²) in [4.78, 5) is 14.5. The van der Waals surface area contributed by atoms with Crippen LogP contribution in [-0.4, -0.2) is 55.5 Å². The van der Waals surface area contributed by atoms with Gasteiger partial charge in [0.2, 0.25) is 0 Å². The number of likely N-dealkylation sites (tertiary alicyclic amines) is 1. The summed E-state index contributed by atoms with van der Waals surface area (Å²) in [6, 6.07) is 0.513. The van der Waals surface area contributed by atoms with E-state index in [4.69, 9.17) is 9.47 Å². The van der Waals surface area contributed by atoms with E-state index in [0.717, 1.165) is 70.7 Å². The van der Waals surface area contributed by atoms with E-state index < -0.39 is 0 Å². The van der Waals surface area contributed by atoms with E-state index in [1.807, 2.05) is 4.90 Å². The Morgan fingerprint density at radius 2 is 2.00 bits per heavy atom. The van der Waals surface area contributed by atoms with Gasteiger partial charge in [0.25, 0.3) is 0 Å². The molecule has 0 radical (unpaired) electrons. The third-order valence-electron chi connectivity index (χ3n) is 5.96. The Kier molecular flexibility index (Phi) is 6.78. The van der Waals surface area contributed by atoms with Crippen LogP contribution in [0, 0.1) is 5.92 Å². The number of urea groups is 1. The molecule has 2 saturated heterocycles. The topological polar surface area (TPSA) is 50.8 Å². The molecule has 2 aliphatic heterocycles. The number of hydrogen-bond donors (Lipinski definition) is 1. The SMILES string of the molecule is CC[C@@H]1CCC[C@H](NC(=O)N2CCC(OC[C@H]3CCCO3)CC2)C1. The van der Waals surface area contributed by atoms with Gasteiger partial charge in [-0.15, -0.1) is 0 Å². The van der Waals surface area contributed by atoms with E-state index in [2.05, 4.69) is 12.2 Å². The van der Waals surface area contributed by atoms with Crippen LogP contribution in [0.2, 0.25) is 0 Å². The lowest BCUT2D eigenvalue weighted by atomic mass is 9.84. The van der Waals surface area contributed by atoms with Crippen molar-refractivity contribution >= 4 is 6.03 Å². The highest BCUT2D eigenvalue weighted by Crippen LogP contribution is 2.27. The summed E-state index contributed by atoms with van der Waals surface area (Å²) >= 11 is 0. The van der Waals surface area contributed by atoms with E-state index in [1.165, 1.54) is 19.3 Å². The normalized spacial score (nSPS) is 32.0. The molecule has 2 heterocycles. The van der Waals surface area contributed by atoms with Crippen LogP contribution in [0.3, 0.4) is 0 Å². The van der Waals surface area contributed by atoms with Crippen LogP contribution < -0.4 is 5.32 Å². The van der Waals surface area contributed by atoms with Gasteiger partial charge in [-0.3, -0.25) is 0 Å². The summed E-state index contributed by atoms with van der Waals surface area (Å²) in [5, 5.41) is 3.27. The molecule has 1 aliphatic carbocycles. The van der Waals surface area contributed by atoms with E-state index in [0.29, 0.717) is 12.1 Å². The van der Waals surface area contributed by atoms with Crippen molar-refractivity contribution in [2.75, 3.05) is 26.3 Å². The lowest BCUT2D eigenvalue weighted by Crippen LogP contribution is -2.50. The molecule has 3 atom stereocenters. The van der Waals surface area contributed by atoms with Crippen LogP contribution in [0.4, 0.5) is 4.79 Å². The molecule has 138 valence electrons. The third-order valence-corrected chi connectivity index (χ3v) is 5.96. The number of amides is 2. The van der Waals surface area contributed by atoms with Crippen LogP contribution >= 0.6 is 0 Å². The zero-order chi connectivity index (χ0) is 16.8. The van der Waals surface area contributed by atoms with E-state index in [9.17, 15) is 4.79 Å².